The Hall–Kier alpha value is -1.84. The van der Waals surface area contributed by atoms with E-state index in [1.807, 2.05) is 0 Å². The van der Waals surface area contributed by atoms with Crippen molar-refractivity contribution < 1.29 is 19.1 Å². The Morgan fingerprint density at radius 2 is 1.78 bits per heavy atom. The van der Waals surface area contributed by atoms with Gasteiger partial charge < -0.3 is 9.47 Å². The number of hydrogen-bond donors (Lipinski definition) is 0. The Morgan fingerprint density at radius 3 is 2.26 bits per heavy atom. The standard InChI is InChI=1S/C19H24O4/c1-12(20)22-15-7-5-13(6-8-15)17(21)23-16-11-14-9-10-19(16,4)18(14,2)3/h5-8,14,16H,9-11H2,1-4H3/t14-,16-,19+/m1/s1. The van der Waals surface area contributed by atoms with Crippen molar-refractivity contribution in [3.8, 4) is 5.75 Å². The molecule has 2 aliphatic rings. The summed E-state index contributed by atoms with van der Waals surface area (Å²) in [6.07, 6.45) is 3.29. The number of esters is 2. The molecule has 2 aliphatic carbocycles. The van der Waals surface area contributed by atoms with Crippen LogP contribution in [0.3, 0.4) is 0 Å². The first-order valence-corrected chi connectivity index (χ1v) is 8.23. The largest absolute Gasteiger partial charge is 0.458 e. The van der Waals surface area contributed by atoms with E-state index >= 15 is 0 Å². The van der Waals surface area contributed by atoms with E-state index < -0.39 is 0 Å². The average Bonchev–Trinajstić information content (AvgIpc) is 2.80. The Kier molecular flexibility index (Phi) is 3.74. The Bertz CT molecular complexity index is 631. The zero-order valence-corrected chi connectivity index (χ0v) is 14.2. The molecule has 3 rings (SSSR count). The highest BCUT2D eigenvalue weighted by atomic mass is 16.5. The molecule has 2 bridgehead atoms. The number of benzene rings is 1. The number of carbonyl (C=O) groups excluding carboxylic acids is 2. The fourth-order valence-corrected chi connectivity index (χ4v) is 4.33. The third-order valence-electron chi connectivity index (χ3n) is 6.31. The van der Waals surface area contributed by atoms with E-state index in [2.05, 4.69) is 20.8 Å². The molecule has 3 atom stereocenters. The van der Waals surface area contributed by atoms with Crippen LogP contribution in [0.25, 0.3) is 0 Å². The van der Waals surface area contributed by atoms with Crippen molar-refractivity contribution >= 4 is 11.9 Å². The molecule has 0 unspecified atom stereocenters. The predicted molar refractivity (Wildman–Crippen MR) is 86.2 cm³/mol. The van der Waals surface area contributed by atoms with Gasteiger partial charge in [0.05, 0.1) is 5.56 Å². The fourth-order valence-electron chi connectivity index (χ4n) is 4.33. The molecular formula is C19H24O4. The lowest BCUT2D eigenvalue weighted by Gasteiger charge is -2.38. The Morgan fingerprint density at radius 1 is 1.13 bits per heavy atom. The van der Waals surface area contributed by atoms with Gasteiger partial charge >= 0.3 is 11.9 Å². The van der Waals surface area contributed by atoms with Crippen molar-refractivity contribution in [2.75, 3.05) is 0 Å². The molecule has 0 saturated heterocycles. The molecule has 23 heavy (non-hydrogen) atoms. The summed E-state index contributed by atoms with van der Waals surface area (Å²) in [6.45, 7) is 8.19. The van der Waals surface area contributed by atoms with Crippen LogP contribution in [0.4, 0.5) is 0 Å². The van der Waals surface area contributed by atoms with E-state index in [-0.39, 0.29) is 28.9 Å². The van der Waals surface area contributed by atoms with Crippen molar-refractivity contribution in [3.63, 3.8) is 0 Å². The van der Waals surface area contributed by atoms with E-state index in [1.54, 1.807) is 24.3 Å². The minimum Gasteiger partial charge on any atom is -0.458 e. The molecule has 1 aromatic rings. The van der Waals surface area contributed by atoms with E-state index in [4.69, 9.17) is 9.47 Å². The maximum atomic E-state index is 12.4. The minimum absolute atomic E-state index is 0.0168. The summed E-state index contributed by atoms with van der Waals surface area (Å²) < 4.78 is 10.8. The van der Waals surface area contributed by atoms with Gasteiger partial charge in [-0.15, -0.1) is 0 Å². The summed E-state index contributed by atoms with van der Waals surface area (Å²) in [5.74, 6) is 0.394. The van der Waals surface area contributed by atoms with Crippen LogP contribution in [-0.4, -0.2) is 18.0 Å². The van der Waals surface area contributed by atoms with Crippen LogP contribution in [0, 0.1) is 16.7 Å². The highest BCUT2D eigenvalue weighted by Gasteiger charge is 2.62. The van der Waals surface area contributed by atoms with Crippen LogP contribution in [0.15, 0.2) is 24.3 Å². The van der Waals surface area contributed by atoms with E-state index in [9.17, 15) is 9.59 Å². The smallest absolute Gasteiger partial charge is 0.338 e. The van der Waals surface area contributed by atoms with Crippen molar-refractivity contribution in [1.29, 1.82) is 0 Å². The maximum Gasteiger partial charge on any atom is 0.338 e. The summed E-state index contributed by atoms with van der Waals surface area (Å²) in [6, 6.07) is 6.51. The molecule has 124 valence electrons. The van der Waals surface area contributed by atoms with Gasteiger partial charge in [-0.05, 0) is 54.9 Å². The molecule has 0 spiro atoms. The fraction of sp³-hybridized carbons (Fsp3) is 0.579. The van der Waals surface area contributed by atoms with Crippen LogP contribution in [0.5, 0.6) is 5.75 Å². The van der Waals surface area contributed by atoms with Crippen molar-refractivity contribution in [3.05, 3.63) is 29.8 Å². The second kappa shape index (κ2) is 5.36. The molecule has 4 nitrogen and oxygen atoms in total. The quantitative estimate of drug-likeness (QED) is 0.625. The lowest BCUT2D eigenvalue weighted by atomic mass is 9.70. The number of hydrogen-bond acceptors (Lipinski definition) is 4. The third kappa shape index (κ3) is 2.54. The lowest BCUT2D eigenvalue weighted by molar-refractivity contribution is -0.131. The SMILES string of the molecule is CC(=O)Oc1ccc(C(=O)O[C@@H]2C[C@H]3CC[C@]2(C)C3(C)C)cc1. The van der Waals surface area contributed by atoms with Gasteiger partial charge in [-0.3, -0.25) is 4.79 Å². The van der Waals surface area contributed by atoms with Crippen LogP contribution >= 0.6 is 0 Å². The van der Waals surface area contributed by atoms with Gasteiger partial charge in [0.2, 0.25) is 0 Å². The van der Waals surface area contributed by atoms with Crippen LogP contribution < -0.4 is 4.74 Å². The number of ether oxygens (including phenoxy) is 2. The zero-order valence-electron chi connectivity index (χ0n) is 14.2. The first-order valence-electron chi connectivity index (χ1n) is 8.23. The van der Waals surface area contributed by atoms with E-state index in [0.29, 0.717) is 17.2 Å². The molecule has 0 heterocycles. The highest BCUT2D eigenvalue weighted by molar-refractivity contribution is 5.89. The second-order valence-corrected chi connectivity index (χ2v) is 7.62. The van der Waals surface area contributed by atoms with Gasteiger partial charge in [0.15, 0.2) is 0 Å². The molecule has 2 saturated carbocycles. The molecular weight excluding hydrogens is 292 g/mol. The molecule has 0 N–H and O–H groups in total. The number of carbonyl (C=O) groups is 2. The van der Waals surface area contributed by atoms with Crippen molar-refractivity contribution in [1.82, 2.24) is 0 Å². The number of fused-ring (bicyclic) bond motifs is 2. The summed E-state index contributed by atoms with van der Waals surface area (Å²) in [5, 5.41) is 0. The third-order valence-corrected chi connectivity index (χ3v) is 6.31. The zero-order chi connectivity index (χ0) is 16.8. The highest BCUT2D eigenvalue weighted by Crippen LogP contribution is 2.66. The van der Waals surface area contributed by atoms with Gasteiger partial charge in [-0.2, -0.15) is 0 Å². The normalized spacial score (nSPS) is 31.0. The Balaban J connectivity index is 1.70. The van der Waals surface area contributed by atoms with E-state index in [0.717, 1.165) is 12.8 Å². The first kappa shape index (κ1) is 16.0. The van der Waals surface area contributed by atoms with Crippen molar-refractivity contribution in [2.45, 2.75) is 53.1 Å². The monoisotopic (exact) mass is 316 g/mol. The van der Waals surface area contributed by atoms with Crippen LogP contribution in [0.1, 0.15) is 57.3 Å². The summed E-state index contributed by atoms with van der Waals surface area (Å²) in [4.78, 5) is 23.4. The van der Waals surface area contributed by atoms with Gasteiger partial charge in [0, 0.05) is 12.3 Å². The van der Waals surface area contributed by atoms with Gasteiger partial charge in [-0.25, -0.2) is 4.79 Å². The first-order chi connectivity index (χ1) is 10.7. The average molecular weight is 316 g/mol. The summed E-state index contributed by atoms with van der Waals surface area (Å²) in [7, 11) is 0. The van der Waals surface area contributed by atoms with E-state index in [1.165, 1.54) is 13.3 Å². The second-order valence-electron chi connectivity index (χ2n) is 7.62. The van der Waals surface area contributed by atoms with Gasteiger partial charge in [0.25, 0.3) is 0 Å². The predicted octanol–water partition coefficient (Wildman–Crippen LogP) is 3.98. The van der Waals surface area contributed by atoms with Crippen LogP contribution in [-0.2, 0) is 9.53 Å². The molecule has 2 fully saturated rings. The topological polar surface area (TPSA) is 52.6 Å². The van der Waals surface area contributed by atoms with Gasteiger partial charge in [-0.1, -0.05) is 20.8 Å². The summed E-state index contributed by atoms with van der Waals surface area (Å²) >= 11 is 0. The minimum atomic E-state index is -0.377. The van der Waals surface area contributed by atoms with Crippen molar-refractivity contribution in [2.24, 2.45) is 16.7 Å². The van der Waals surface area contributed by atoms with Crippen LogP contribution in [0.2, 0.25) is 0 Å². The lowest BCUT2D eigenvalue weighted by Crippen LogP contribution is -2.38. The maximum absolute atomic E-state index is 12.4. The summed E-state index contributed by atoms with van der Waals surface area (Å²) in [5.41, 5.74) is 0.771. The molecule has 0 aliphatic heterocycles. The number of rotatable bonds is 3. The molecule has 4 heteroatoms. The Labute approximate surface area is 137 Å². The molecule has 0 aromatic heterocycles. The van der Waals surface area contributed by atoms with Gasteiger partial charge in [0.1, 0.15) is 11.9 Å². The molecule has 0 radical (unpaired) electrons. The molecule has 0 amide bonds. The molecule has 1 aromatic carbocycles.